The van der Waals surface area contributed by atoms with Gasteiger partial charge in [-0.3, -0.25) is 4.79 Å². The number of amides is 1. The fourth-order valence-corrected chi connectivity index (χ4v) is 3.81. The van der Waals surface area contributed by atoms with Gasteiger partial charge in [-0.15, -0.1) is 0 Å². The van der Waals surface area contributed by atoms with E-state index in [4.69, 9.17) is 4.74 Å². The molecule has 3 aromatic rings. The van der Waals surface area contributed by atoms with E-state index in [2.05, 4.69) is 4.90 Å². The molecule has 0 radical (unpaired) electrons. The summed E-state index contributed by atoms with van der Waals surface area (Å²) in [6.45, 7) is 5.80. The summed E-state index contributed by atoms with van der Waals surface area (Å²) in [6.07, 6.45) is 0. The van der Waals surface area contributed by atoms with E-state index in [0.29, 0.717) is 18.8 Å². The number of nitrogens with zero attached hydrogens (tertiary/aromatic N) is 2. The van der Waals surface area contributed by atoms with Crippen LogP contribution in [-0.2, 0) is 4.79 Å². The molecule has 0 aliphatic carbocycles. The standard InChI is InChI=1S/C25H26N2O4/c1-25(2,24(29)30)31-20-12-10-19(11-13-20)26-14-16-27(17-15-26)23(28)22-9-5-7-18-6-3-4-8-21(18)22/h3-13H,14-17H2,1-2H3,(H,29,30). The molecule has 1 saturated heterocycles. The summed E-state index contributed by atoms with van der Waals surface area (Å²) < 4.78 is 5.57. The number of anilines is 1. The van der Waals surface area contributed by atoms with Gasteiger partial charge < -0.3 is 19.6 Å². The van der Waals surface area contributed by atoms with Crippen LogP contribution < -0.4 is 9.64 Å². The van der Waals surface area contributed by atoms with Gasteiger partial charge >= 0.3 is 5.97 Å². The number of carboxylic acids is 1. The zero-order valence-electron chi connectivity index (χ0n) is 17.7. The van der Waals surface area contributed by atoms with Gasteiger partial charge in [-0.05, 0) is 55.0 Å². The smallest absolute Gasteiger partial charge is 0.347 e. The van der Waals surface area contributed by atoms with Crippen LogP contribution in [-0.4, -0.2) is 53.7 Å². The van der Waals surface area contributed by atoms with Gasteiger partial charge in [-0.2, -0.15) is 0 Å². The van der Waals surface area contributed by atoms with Gasteiger partial charge in [-0.25, -0.2) is 4.79 Å². The van der Waals surface area contributed by atoms with E-state index in [9.17, 15) is 14.7 Å². The molecule has 0 spiro atoms. The monoisotopic (exact) mass is 418 g/mol. The Labute approximate surface area is 181 Å². The first-order valence-electron chi connectivity index (χ1n) is 10.4. The van der Waals surface area contributed by atoms with E-state index in [0.717, 1.165) is 35.1 Å². The van der Waals surface area contributed by atoms with Crippen molar-refractivity contribution < 1.29 is 19.4 Å². The summed E-state index contributed by atoms with van der Waals surface area (Å²) in [6, 6.07) is 21.2. The number of carboxylic acid groups (broad SMARTS) is 1. The van der Waals surface area contributed by atoms with Crippen LogP contribution in [0.15, 0.2) is 66.7 Å². The summed E-state index contributed by atoms with van der Waals surface area (Å²) in [5, 5.41) is 11.3. The molecule has 6 nitrogen and oxygen atoms in total. The molecule has 1 aliphatic rings. The quantitative estimate of drug-likeness (QED) is 0.677. The first-order valence-corrected chi connectivity index (χ1v) is 10.4. The van der Waals surface area contributed by atoms with Gasteiger partial charge in [0.05, 0.1) is 0 Å². The zero-order valence-corrected chi connectivity index (χ0v) is 17.7. The number of hydrogen-bond donors (Lipinski definition) is 1. The number of piperazine rings is 1. The Morgan fingerprint density at radius 1 is 0.871 bits per heavy atom. The molecule has 0 aromatic heterocycles. The minimum absolute atomic E-state index is 0.0658. The van der Waals surface area contributed by atoms with Crippen molar-refractivity contribution >= 4 is 28.3 Å². The Hall–Kier alpha value is -3.54. The van der Waals surface area contributed by atoms with E-state index >= 15 is 0 Å². The first-order chi connectivity index (χ1) is 14.8. The lowest BCUT2D eigenvalue weighted by Crippen LogP contribution is -2.48. The third-order valence-corrected chi connectivity index (χ3v) is 5.68. The van der Waals surface area contributed by atoms with Crippen molar-refractivity contribution in [3.63, 3.8) is 0 Å². The molecular weight excluding hydrogens is 392 g/mol. The van der Waals surface area contributed by atoms with E-state index in [-0.39, 0.29) is 5.91 Å². The normalized spacial score (nSPS) is 14.5. The predicted octanol–water partition coefficient (Wildman–Crippen LogP) is 4.04. The van der Waals surface area contributed by atoms with Gasteiger partial charge in [0.1, 0.15) is 5.75 Å². The first kappa shape index (κ1) is 20.7. The van der Waals surface area contributed by atoms with Crippen LogP contribution in [0.2, 0.25) is 0 Å². The molecule has 0 bridgehead atoms. The van der Waals surface area contributed by atoms with Crippen LogP contribution in [0, 0.1) is 0 Å². The molecular formula is C25H26N2O4. The fraction of sp³-hybridized carbons (Fsp3) is 0.280. The second kappa shape index (κ2) is 8.30. The average Bonchev–Trinajstić information content (AvgIpc) is 2.78. The van der Waals surface area contributed by atoms with Crippen molar-refractivity contribution in [1.29, 1.82) is 0 Å². The molecule has 1 heterocycles. The molecule has 160 valence electrons. The fourth-order valence-electron chi connectivity index (χ4n) is 3.81. The number of rotatable bonds is 5. The van der Waals surface area contributed by atoms with E-state index in [1.807, 2.05) is 59.5 Å². The largest absolute Gasteiger partial charge is 0.478 e. The van der Waals surface area contributed by atoms with E-state index < -0.39 is 11.6 Å². The van der Waals surface area contributed by atoms with Crippen molar-refractivity contribution in [2.45, 2.75) is 19.4 Å². The molecule has 0 saturated carbocycles. The maximum absolute atomic E-state index is 13.1. The van der Waals surface area contributed by atoms with Crippen molar-refractivity contribution in [3.8, 4) is 5.75 Å². The Morgan fingerprint density at radius 3 is 2.19 bits per heavy atom. The third kappa shape index (κ3) is 4.33. The third-order valence-electron chi connectivity index (χ3n) is 5.68. The summed E-state index contributed by atoms with van der Waals surface area (Å²) in [4.78, 5) is 28.5. The van der Waals surface area contributed by atoms with E-state index in [1.165, 1.54) is 13.8 Å². The lowest BCUT2D eigenvalue weighted by molar-refractivity contribution is -0.152. The van der Waals surface area contributed by atoms with Gasteiger partial charge in [0.2, 0.25) is 0 Å². The molecule has 1 amide bonds. The highest BCUT2D eigenvalue weighted by atomic mass is 16.5. The van der Waals surface area contributed by atoms with Gasteiger partial charge in [0.25, 0.3) is 5.91 Å². The number of ether oxygens (including phenoxy) is 1. The highest BCUT2D eigenvalue weighted by Gasteiger charge is 2.29. The van der Waals surface area contributed by atoms with Crippen LogP contribution in [0.3, 0.4) is 0 Å². The summed E-state index contributed by atoms with van der Waals surface area (Å²) in [5.41, 5.74) is 0.488. The highest BCUT2D eigenvalue weighted by molar-refractivity contribution is 6.07. The van der Waals surface area contributed by atoms with Crippen LogP contribution in [0.5, 0.6) is 5.75 Å². The maximum Gasteiger partial charge on any atom is 0.347 e. The Bertz CT molecular complexity index is 1090. The van der Waals surface area contributed by atoms with Crippen molar-refractivity contribution in [3.05, 3.63) is 72.3 Å². The van der Waals surface area contributed by atoms with Gasteiger partial charge in [0.15, 0.2) is 5.60 Å². The number of aliphatic carboxylic acids is 1. The van der Waals surface area contributed by atoms with Crippen LogP contribution >= 0.6 is 0 Å². The minimum atomic E-state index is -1.28. The molecule has 3 aromatic carbocycles. The van der Waals surface area contributed by atoms with Crippen LogP contribution in [0.1, 0.15) is 24.2 Å². The molecule has 4 rings (SSSR count). The molecule has 0 atom stereocenters. The van der Waals surface area contributed by atoms with Crippen molar-refractivity contribution in [2.75, 3.05) is 31.1 Å². The SMILES string of the molecule is CC(C)(Oc1ccc(N2CCN(C(=O)c3cccc4ccccc34)CC2)cc1)C(=O)O. The molecule has 0 unspecified atom stereocenters. The van der Waals surface area contributed by atoms with Gasteiger partial charge in [0, 0.05) is 37.4 Å². The number of fused-ring (bicyclic) bond motifs is 1. The second-order valence-corrected chi connectivity index (χ2v) is 8.22. The summed E-state index contributed by atoms with van der Waals surface area (Å²) in [7, 11) is 0. The Balaban J connectivity index is 1.40. The predicted molar refractivity (Wildman–Crippen MR) is 121 cm³/mol. The van der Waals surface area contributed by atoms with Gasteiger partial charge in [-0.1, -0.05) is 36.4 Å². The van der Waals surface area contributed by atoms with Crippen molar-refractivity contribution in [2.24, 2.45) is 0 Å². The lowest BCUT2D eigenvalue weighted by atomic mass is 10.0. The summed E-state index contributed by atoms with van der Waals surface area (Å²) in [5.74, 6) is -0.430. The maximum atomic E-state index is 13.1. The number of benzene rings is 3. The summed E-state index contributed by atoms with van der Waals surface area (Å²) >= 11 is 0. The molecule has 31 heavy (non-hydrogen) atoms. The number of hydrogen-bond acceptors (Lipinski definition) is 4. The Morgan fingerprint density at radius 2 is 1.52 bits per heavy atom. The topological polar surface area (TPSA) is 70.1 Å². The second-order valence-electron chi connectivity index (χ2n) is 8.22. The van der Waals surface area contributed by atoms with E-state index in [1.54, 1.807) is 12.1 Å². The zero-order chi connectivity index (χ0) is 22.0. The van der Waals surface area contributed by atoms with Crippen LogP contribution in [0.25, 0.3) is 10.8 Å². The lowest BCUT2D eigenvalue weighted by Gasteiger charge is -2.36. The molecule has 6 heteroatoms. The van der Waals surface area contributed by atoms with Crippen molar-refractivity contribution in [1.82, 2.24) is 4.90 Å². The number of carbonyl (C=O) groups excluding carboxylic acids is 1. The Kier molecular flexibility index (Phi) is 5.55. The average molecular weight is 418 g/mol. The highest BCUT2D eigenvalue weighted by Crippen LogP contribution is 2.25. The molecule has 1 fully saturated rings. The minimum Gasteiger partial charge on any atom is -0.478 e. The molecule has 1 aliphatic heterocycles. The van der Waals surface area contributed by atoms with Crippen LogP contribution in [0.4, 0.5) is 5.69 Å². The molecule has 1 N–H and O–H groups in total. The number of carbonyl (C=O) groups is 2.